The first-order chi connectivity index (χ1) is 17.1. The van der Waals surface area contributed by atoms with E-state index in [0.717, 1.165) is 64.8 Å². The lowest BCUT2D eigenvalue weighted by atomic mass is 10.0. The second kappa shape index (κ2) is 12.3. The zero-order valence-electron chi connectivity index (χ0n) is 20.6. The standard InChI is InChI=1S/C27H31N5OS2.ClH/c1-3-18(2)32(17-19-7-5-4-6-8-19)14-11-24(33)31-27-25(20-9-12-29-16-23(20)35-27)26-30-21-15-28-13-10-22(21)34-26;/h4-8,10,13,15,18,29H,3,9,11-12,14,16-17H2,1-2H3,(H,31,33);1H. The number of carbonyl (C=O) groups is 1. The summed E-state index contributed by atoms with van der Waals surface area (Å²) >= 11 is 3.36. The first kappa shape index (κ1) is 26.7. The molecule has 4 heterocycles. The van der Waals surface area contributed by atoms with Gasteiger partial charge in [-0.15, -0.1) is 35.1 Å². The number of thiophene rings is 1. The Bertz CT molecular complexity index is 1270. The van der Waals surface area contributed by atoms with Crippen molar-refractivity contribution in [3.63, 3.8) is 0 Å². The van der Waals surface area contributed by atoms with E-state index in [9.17, 15) is 4.79 Å². The number of thiazole rings is 1. The van der Waals surface area contributed by atoms with Gasteiger partial charge in [0.25, 0.3) is 0 Å². The lowest BCUT2D eigenvalue weighted by molar-refractivity contribution is -0.116. The Morgan fingerprint density at radius 2 is 2.06 bits per heavy atom. The predicted molar refractivity (Wildman–Crippen MR) is 153 cm³/mol. The topological polar surface area (TPSA) is 70.2 Å². The molecule has 0 aliphatic carbocycles. The third kappa shape index (κ3) is 5.95. The fourth-order valence-corrected chi connectivity index (χ4v) is 6.81. The van der Waals surface area contributed by atoms with Crippen LogP contribution in [0, 0.1) is 0 Å². The molecule has 36 heavy (non-hydrogen) atoms. The Kier molecular flexibility index (Phi) is 9.09. The molecule has 1 unspecified atom stereocenters. The van der Waals surface area contributed by atoms with Crippen LogP contribution in [0.1, 0.15) is 42.7 Å². The molecule has 3 aromatic heterocycles. The van der Waals surface area contributed by atoms with Crippen molar-refractivity contribution in [1.82, 2.24) is 20.2 Å². The first-order valence-corrected chi connectivity index (χ1v) is 13.9. The summed E-state index contributed by atoms with van der Waals surface area (Å²) in [5, 5.41) is 8.61. The van der Waals surface area contributed by atoms with Gasteiger partial charge in [-0.1, -0.05) is 37.3 Å². The minimum atomic E-state index is 0. The van der Waals surface area contributed by atoms with Crippen molar-refractivity contribution in [2.24, 2.45) is 0 Å². The van der Waals surface area contributed by atoms with E-state index in [1.165, 1.54) is 16.0 Å². The number of fused-ring (bicyclic) bond motifs is 2. The van der Waals surface area contributed by atoms with Gasteiger partial charge in [-0.25, -0.2) is 4.98 Å². The SMILES string of the molecule is CCC(C)N(CCC(=O)Nc1sc2c(c1-c1nc3cnccc3s1)CCNC2)Cc1ccccc1.Cl. The summed E-state index contributed by atoms with van der Waals surface area (Å²) in [6.07, 6.45) is 6.07. The van der Waals surface area contributed by atoms with Crippen LogP contribution in [-0.4, -0.2) is 39.9 Å². The van der Waals surface area contributed by atoms with Crippen molar-refractivity contribution in [3.8, 4) is 10.6 Å². The summed E-state index contributed by atoms with van der Waals surface area (Å²) in [5.74, 6) is 0.0574. The number of amides is 1. The monoisotopic (exact) mass is 541 g/mol. The maximum atomic E-state index is 13.2. The van der Waals surface area contributed by atoms with Crippen LogP contribution >= 0.6 is 35.1 Å². The van der Waals surface area contributed by atoms with Crippen molar-refractivity contribution in [3.05, 3.63) is 64.8 Å². The average Bonchev–Trinajstić information content (AvgIpc) is 3.47. The van der Waals surface area contributed by atoms with Crippen molar-refractivity contribution < 1.29 is 4.79 Å². The van der Waals surface area contributed by atoms with Crippen LogP contribution in [0.15, 0.2) is 48.8 Å². The lowest BCUT2D eigenvalue weighted by Crippen LogP contribution is -2.34. The molecule has 0 saturated heterocycles. The zero-order valence-corrected chi connectivity index (χ0v) is 23.1. The van der Waals surface area contributed by atoms with Gasteiger partial charge in [0, 0.05) is 48.7 Å². The molecule has 9 heteroatoms. The summed E-state index contributed by atoms with van der Waals surface area (Å²) in [6.45, 7) is 7.81. The molecule has 1 aliphatic heterocycles. The van der Waals surface area contributed by atoms with Crippen LogP contribution in [0.4, 0.5) is 5.00 Å². The van der Waals surface area contributed by atoms with E-state index >= 15 is 0 Å². The second-order valence-electron chi connectivity index (χ2n) is 9.01. The number of halogens is 1. The second-order valence-corrected chi connectivity index (χ2v) is 11.1. The molecule has 4 aromatic rings. The largest absolute Gasteiger partial charge is 0.317 e. The number of nitrogens with one attached hydrogen (secondary N) is 2. The van der Waals surface area contributed by atoms with Crippen LogP contribution in [-0.2, 0) is 24.3 Å². The van der Waals surface area contributed by atoms with E-state index in [2.05, 4.69) is 58.6 Å². The van der Waals surface area contributed by atoms with Gasteiger partial charge in [-0.2, -0.15) is 0 Å². The number of carbonyl (C=O) groups excluding carboxylic acids is 1. The summed E-state index contributed by atoms with van der Waals surface area (Å²) in [5.41, 5.74) is 4.61. The van der Waals surface area contributed by atoms with Gasteiger partial charge in [0.1, 0.15) is 15.5 Å². The normalized spacial score (nSPS) is 13.9. The third-order valence-electron chi connectivity index (χ3n) is 6.65. The highest BCUT2D eigenvalue weighted by molar-refractivity contribution is 7.22. The van der Waals surface area contributed by atoms with Gasteiger partial charge in [0.2, 0.25) is 5.91 Å². The third-order valence-corrected chi connectivity index (χ3v) is 8.85. The number of pyridine rings is 1. The molecule has 5 rings (SSSR count). The fraction of sp³-hybridized carbons (Fsp3) is 0.370. The molecule has 0 spiro atoms. The highest BCUT2D eigenvalue weighted by Crippen LogP contribution is 2.44. The Labute approximate surface area is 226 Å². The number of benzene rings is 1. The number of anilines is 1. The molecule has 1 amide bonds. The number of rotatable bonds is 9. The molecule has 0 fully saturated rings. The quantitative estimate of drug-likeness (QED) is 0.267. The van der Waals surface area contributed by atoms with Crippen molar-refractivity contribution in [1.29, 1.82) is 0 Å². The van der Waals surface area contributed by atoms with Gasteiger partial charge >= 0.3 is 0 Å². The van der Waals surface area contributed by atoms with E-state index in [-0.39, 0.29) is 18.3 Å². The summed E-state index contributed by atoms with van der Waals surface area (Å²) in [4.78, 5) is 26.0. The molecule has 1 aromatic carbocycles. The highest BCUT2D eigenvalue weighted by atomic mass is 35.5. The van der Waals surface area contributed by atoms with Crippen molar-refractivity contribution in [2.75, 3.05) is 18.4 Å². The Morgan fingerprint density at radius 1 is 1.22 bits per heavy atom. The molecular weight excluding hydrogens is 510 g/mol. The number of hydrogen-bond acceptors (Lipinski definition) is 7. The van der Waals surface area contributed by atoms with Crippen molar-refractivity contribution in [2.45, 2.75) is 52.2 Å². The van der Waals surface area contributed by atoms with E-state index < -0.39 is 0 Å². The van der Waals surface area contributed by atoms with E-state index in [4.69, 9.17) is 4.98 Å². The smallest absolute Gasteiger partial charge is 0.226 e. The summed E-state index contributed by atoms with van der Waals surface area (Å²) < 4.78 is 1.12. The Balaban J connectivity index is 0.00000304. The molecular formula is C27H32ClN5OS2. The minimum Gasteiger partial charge on any atom is -0.317 e. The predicted octanol–water partition coefficient (Wildman–Crippen LogP) is 6.12. The molecule has 1 atom stereocenters. The molecule has 6 nitrogen and oxygen atoms in total. The number of hydrogen-bond donors (Lipinski definition) is 2. The minimum absolute atomic E-state index is 0. The van der Waals surface area contributed by atoms with Crippen LogP contribution in [0.5, 0.6) is 0 Å². The summed E-state index contributed by atoms with van der Waals surface area (Å²) in [6, 6.07) is 12.9. The zero-order chi connectivity index (χ0) is 24.2. The molecule has 0 bridgehead atoms. The van der Waals surface area contributed by atoms with Gasteiger partial charge in [-0.3, -0.25) is 14.7 Å². The van der Waals surface area contributed by atoms with Crippen LogP contribution < -0.4 is 10.6 Å². The van der Waals surface area contributed by atoms with Gasteiger partial charge in [0.15, 0.2) is 0 Å². The molecule has 190 valence electrons. The van der Waals surface area contributed by atoms with Crippen LogP contribution in [0.3, 0.4) is 0 Å². The van der Waals surface area contributed by atoms with Gasteiger partial charge in [-0.05, 0) is 43.5 Å². The highest BCUT2D eigenvalue weighted by Gasteiger charge is 2.25. The molecule has 0 radical (unpaired) electrons. The average molecular weight is 542 g/mol. The van der Waals surface area contributed by atoms with E-state index in [1.54, 1.807) is 28.9 Å². The summed E-state index contributed by atoms with van der Waals surface area (Å²) in [7, 11) is 0. The van der Waals surface area contributed by atoms with E-state index in [0.29, 0.717) is 12.5 Å². The van der Waals surface area contributed by atoms with Crippen molar-refractivity contribution >= 4 is 56.2 Å². The maximum Gasteiger partial charge on any atom is 0.226 e. The maximum absolute atomic E-state index is 13.2. The van der Waals surface area contributed by atoms with Gasteiger partial charge in [0.05, 0.1) is 10.9 Å². The lowest BCUT2D eigenvalue weighted by Gasteiger charge is -2.28. The van der Waals surface area contributed by atoms with Crippen LogP contribution in [0.2, 0.25) is 0 Å². The fourth-order valence-electron chi connectivity index (χ4n) is 4.50. The molecule has 0 saturated carbocycles. The Hall–Kier alpha value is -2.36. The van der Waals surface area contributed by atoms with Gasteiger partial charge < -0.3 is 10.6 Å². The molecule has 2 N–H and O–H groups in total. The number of aromatic nitrogens is 2. The van der Waals surface area contributed by atoms with E-state index in [1.807, 2.05) is 18.3 Å². The Morgan fingerprint density at radius 3 is 2.83 bits per heavy atom. The number of nitrogens with zero attached hydrogens (tertiary/aromatic N) is 3. The van der Waals surface area contributed by atoms with Crippen LogP contribution in [0.25, 0.3) is 20.8 Å². The first-order valence-electron chi connectivity index (χ1n) is 12.3. The molecule has 1 aliphatic rings.